The molecule has 0 radical (unpaired) electrons. The van der Waals surface area contributed by atoms with E-state index in [0.29, 0.717) is 5.69 Å². The van der Waals surface area contributed by atoms with Crippen LogP contribution in [0.2, 0.25) is 0 Å². The number of carbonyl (C=O) groups excluding carboxylic acids is 1. The molecule has 1 atom stereocenters. The van der Waals surface area contributed by atoms with Crippen molar-refractivity contribution < 1.29 is 4.79 Å². The van der Waals surface area contributed by atoms with Crippen molar-refractivity contribution in [2.24, 2.45) is 0 Å². The number of nitrogens with one attached hydrogen (secondary N) is 2. The molecule has 0 aliphatic carbocycles. The zero-order valence-electron chi connectivity index (χ0n) is 13.4. The summed E-state index contributed by atoms with van der Waals surface area (Å²) >= 11 is 0. The Morgan fingerprint density at radius 2 is 2.00 bits per heavy atom. The van der Waals surface area contributed by atoms with Crippen molar-refractivity contribution in [3.8, 4) is 0 Å². The first kappa shape index (κ1) is 16.0. The van der Waals surface area contributed by atoms with Gasteiger partial charge in [0.2, 0.25) is 0 Å². The number of para-hydroxylation sites is 1. The number of hydrogen-bond acceptors (Lipinski definition) is 3. The van der Waals surface area contributed by atoms with Gasteiger partial charge in [0.05, 0.1) is 0 Å². The molecule has 2 rings (SSSR count). The Labute approximate surface area is 132 Å². The highest BCUT2D eigenvalue weighted by Gasteiger charge is 2.10. The van der Waals surface area contributed by atoms with Crippen LogP contribution in [-0.4, -0.2) is 16.9 Å². The predicted octanol–water partition coefficient (Wildman–Crippen LogP) is 3.92. The lowest BCUT2D eigenvalue weighted by atomic mass is 10.1. The van der Waals surface area contributed by atoms with Crippen LogP contribution in [0.4, 0.5) is 11.4 Å². The van der Waals surface area contributed by atoms with Gasteiger partial charge in [-0.15, -0.1) is 0 Å². The number of pyridine rings is 1. The zero-order chi connectivity index (χ0) is 15.9. The molecule has 1 aromatic heterocycles. The quantitative estimate of drug-likeness (QED) is 0.849. The standard InChI is InChI=1S/C18H23N3O/c1-4-13(3)20-18(22)17-12-15(10-11-19-17)21-16-9-7-6-8-14(16)5-2/h6-13H,4-5H2,1-3H3,(H,19,21)(H,20,22). The van der Waals surface area contributed by atoms with E-state index in [0.717, 1.165) is 24.2 Å². The van der Waals surface area contributed by atoms with Gasteiger partial charge >= 0.3 is 0 Å². The number of hydrogen-bond donors (Lipinski definition) is 2. The smallest absolute Gasteiger partial charge is 0.270 e. The third kappa shape index (κ3) is 4.07. The molecule has 0 spiro atoms. The number of benzene rings is 1. The number of aryl methyl sites for hydroxylation is 1. The fraction of sp³-hybridized carbons (Fsp3) is 0.333. The number of aromatic nitrogens is 1. The summed E-state index contributed by atoms with van der Waals surface area (Å²) in [6.45, 7) is 6.15. The molecular formula is C18H23N3O. The summed E-state index contributed by atoms with van der Waals surface area (Å²) < 4.78 is 0. The van der Waals surface area contributed by atoms with Crippen molar-refractivity contribution in [2.75, 3.05) is 5.32 Å². The maximum Gasteiger partial charge on any atom is 0.270 e. The average Bonchev–Trinajstić information content (AvgIpc) is 2.55. The third-order valence-corrected chi connectivity index (χ3v) is 3.66. The van der Waals surface area contributed by atoms with Gasteiger partial charge in [-0.05, 0) is 43.5 Å². The molecule has 0 fully saturated rings. The van der Waals surface area contributed by atoms with Gasteiger partial charge in [0.15, 0.2) is 0 Å². The summed E-state index contributed by atoms with van der Waals surface area (Å²) in [7, 11) is 0. The number of amides is 1. The highest BCUT2D eigenvalue weighted by molar-refractivity contribution is 5.93. The van der Waals surface area contributed by atoms with Crippen LogP contribution in [-0.2, 0) is 6.42 Å². The van der Waals surface area contributed by atoms with Crippen molar-refractivity contribution in [2.45, 2.75) is 39.7 Å². The third-order valence-electron chi connectivity index (χ3n) is 3.66. The highest BCUT2D eigenvalue weighted by Crippen LogP contribution is 2.21. The minimum Gasteiger partial charge on any atom is -0.355 e. The number of anilines is 2. The van der Waals surface area contributed by atoms with E-state index in [4.69, 9.17) is 0 Å². The Morgan fingerprint density at radius 1 is 1.23 bits per heavy atom. The minimum absolute atomic E-state index is 0.137. The Hall–Kier alpha value is -2.36. The van der Waals surface area contributed by atoms with Crippen LogP contribution in [0.5, 0.6) is 0 Å². The SMILES string of the molecule is CCc1ccccc1Nc1ccnc(C(=O)NC(C)CC)c1. The Kier molecular flexibility index (Phi) is 5.53. The second kappa shape index (κ2) is 7.59. The summed E-state index contributed by atoms with van der Waals surface area (Å²) in [4.78, 5) is 16.3. The van der Waals surface area contributed by atoms with Gasteiger partial charge in [0.25, 0.3) is 5.91 Å². The monoisotopic (exact) mass is 297 g/mol. The molecule has 0 saturated heterocycles. The topological polar surface area (TPSA) is 54.0 Å². The van der Waals surface area contributed by atoms with Crippen molar-refractivity contribution in [1.29, 1.82) is 0 Å². The van der Waals surface area contributed by atoms with Gasteiger partial charge in [-0.1, -0.05) is 32.0 Å². The molecule has 1 aromatic carbocycles. The van der Waals surface area contributed by atoms with Crippen LogP contribution in [0.15, 0.2) is 42.6 Å². The minimum atomic E-state index is -0.137. The van der Waals surface area contributed by atoms with Gasteiger partial charge in [-0.25, -0.2) is 0 Å². The van der Waals surface area contributed by atoms with E-state index in [1.54, 1.807) is 12.3 Å². The molecule has 2 N–H and O–H groups in total. The van der Waals surface area contributed by atoms with Crippen LogP contribution in [0.3, 0.4) is 0 Å². The van der Waals surface area contributed by atoms with Crippen molar-refractivity contribution in [1.82, 2.24) is 10.3 Å². The Bertz CT molecular complexity index is 640. The number of rotatable bonds is 6. The fourth-order valence-electron chi connectivity index (χ4n) is 2.14. The molecule has 1 amide bonds. The molecule has 1 heterocycles. The summed E-state index contributed by atoms with van der Waals surface area (Å²) in [5.41, 5.74) is 3.60. The van der Waals surface area contributed by atoms with E-state index in [9.17, 15) is 4.79 Å². The predicted molar refractivity (Wildman–Crippen MR) is 90.6 cm³/mol. The van der Waals surface area contributed by atoms with E-state index < -0.39 is 0 Å². The molecule has 22 heavy (non-hydrogen) atoms. The zero-order valence-corrected chi connectivity index (χ0v) is 13.4. The first-order chi connectivity index (χ1) is 10.6. The van der Waals surface area contributed by atoms with Crippen LogP contribution >= 0.6 is 0 Å². The molecule has 0 saturated carbocycles. The second-order valence-corrected chi connectivity index (χ2v) is 5.35. The van der Waals surface area contributed by atoms with Gasteiger partial charge in [-0.3, -0.25) is 9.78 Å². The van der Waals surface area contributed by atoms with Crippen LogP contribution in [0.1, 0.15) is 43.2 Å². The number of carbonyl (C=O) groups is 1. The second-order valence-electron chi connectivity index (χ2n) is 5.35. The molecule has 1 unspecified atom stereocenters. The van der Waals surface area contributed by atoms with Gasteiger partial charge in [-0.2, -0.15) is 0 Å². The summed E-state index contributed by atoms with van der Waals surface area (Å²) in [6.07, 6.45) is 3.51. The molecule has 0 aliphatic heterocycles. The molecule has 116 valence electrons. The maximum absolute atomic E-state index is 12.1. The first-order valence-electron chi connectivity index (χ1n) is 7.75. The average molecular weight is 297 g/mol. The van der Waals surface area contributed by atoms with Crippen molar-refractivity contribution >= 4 is 17.3 Å². The lowest BCUT2D eigenvalue weighted by Gasteiger charge is -2.13. The summed E-state index contributed by atoms with van der Waals surface area (Å²) in [5.74, 6) is -0.137. The Morgan fingerprint density at radius 3 is 2.73 bits per heavy atom. The van der Waals surface area contributed by atoms with Crippen LogP contribution in [0.25, 0.3) is 0 Å². The normalized spacial score (nSPS) is 11.8. The van der Waals surface area contributed by atoms with E-state index in [1.165, 1.54) is 5.56 Å². The summed E-state index contributed by atoms with van der Waals surface area (Å²) in [5, 5.41) is 6.30. The van der Waals surface area contributed by atoms with Gasteiger partial charge in [0.1, 0.15) is 5.69 Å². The fourth-order valence-corrected chi connectivity index (χ4v) is 2.14. The lowest BCUT2D eigenvalue weighted by molar-refractivity contribution is 0.0934. The van der Waals surface area contributed by atoms with Gasteiger partial charge < -0.3 is 10.6 Å². The molecule has 0 bridgehead atoms. The summed E-state index contributed by atoms with van der Waals surface area (Å²) in [6, 6.07) is 12.0. The van der Waals surface area contributed by atoms with E-state index in [1.807, 2.05) is 38.1 Å². The van der Waals surface area contributed by atoms with E-state index in [2.05, 4.69) is 28.6 Å². The van der Waals surface area contributed by atoms with E-state index in [-0.39, 0.29) is 11.9 Å². The molecule has 4 heteroatoms. The van der Waals surface area contributed by atoms with Crippen LogP contribution in [0, 0.1) is 0 Å². The molecule has 4 nitrogen and oxygen atoms in total. The van der Waals surface area contributed by atoms with Crippen molar-refractivity contribution in [3.63, 3.8) is 0 Å². The first-order valence-corrected chi connectivity index (χ1v) is 7.75. The Balaban J connectivity index is 2.16. The van der Waals surface area contributed by atoms with E-state index >= 15 is 0 Å². The highest BCUT2D eigenvalue weighted by atomic mass is 16.1. The molecule has 2 aromatic rings. The molecule has 0 aliphatic rings. The molecular weight excluding hydrogens is 274 g/mol. The number of nitrogens with zero attached hydrogens (tertiary/aromatic N) is 1. The lowest BCUT2D eigenvalue weighted by Crippen LogP contribution is -2.32. The largest absolute Gasteiger partial charge is 0.355 e. The van der Waals surface area contributed by atoms with Crippen LogP contribution < -0.4 is 10.6 Å². The van der Waals surface area contributed by atoms with Gasteiger partial charge in [0, 0.05) is 23.6 Å². The van der Waals surface area contributed by atoms with Crippen molar-refractivity contribution in [3.05, 3.63) is 53.9 Å². The maximum atomic E-state index is 12.1.